The van der Waals surface area contributed by atoms with Gasteiger partial charge in [-0.15, -0.1) is 0 Å². The second kappa shape index (κ2) is 7.69. The van der Waals surface area contributed by atoms with Gasteiger partial charge in [-0.05, 0) is 31.4 Å². The van der Waals surface area contributed by atoms with E-state index in [1.165, 1.54) is 12.3 Å². The lowest BCUT2D eigenvalue weighted by Crippen LogP contribution is -2.60. The predicted octanol–water partition coefficient (Wildman–Crippen LogP) is 1.64. The number of nitrogens with two attached hydrogens (primary N) is 1. The number of primary sulfonamides is 1. The van der Waals surface area contributed by atoms with E-state index < -0.39 is 10.0 Å². The molecule has 2 heterocycles. The number of aliphatic hydroxyl groups is 1. The van der Waals surface area contributed by atoms with Crippen LogP contribution < -0.4 is 15.4 Å². The summed E-state index contributed by atoms with van der Waals surface area (Å²) in [7, 11) is -3.91. The predicted molar refractivity (Wildman–Crippen MR) is 109 cm³/mol. The lowest BCUT2D eigenvalue weighted by atomic mass is 9.78. The van der Waals surface area contributed by atoms with E-state index in [9.17, 15) is 13.5 Å². The molecule has 1 aromatic carbocycles. The Kier molecular flexibility index (Phi) is 5.38. The number of rotatable bonds is 5. The molecule has 2 fully saturated rings. The van der Waals surface area contributed by atoms with Crippen LogP contribution in [0.1, 0.15) is 19.3 Å². The number of nitrogens with zero attached hydrogens (tertiary/aromatic N) is 3. The van der Waals surface area contributed by atoms with E-state index in [2.05, 4.69) is 15.3 Å². The van der Waals surface area contributed by atoms with Gasteiger partial charge in [-0.3, -0.25) is 0 Å². The molecule has 0 radical (unpaired) electrons. The van der Waals surface area contributed by atoms with Crippen LogP contribution in [-0.2, 0) is 14.8 Å². The molecule has 1 aromatic heterocycles. The first-order chi connectivity index (χ1) is 13.8. The molecule has 156 valence electrons. The minimum atomic E-state index is -3.91. The molecule has 4 N–H and O–H groups in total. The maximum atomic E-state index is 11.8. The number of para-hydroxylation sites is 1. The number of sulfonamides is 1. The van der Waals surface area contributed by atoms with Crippen molar-refractivity contribution < 1.29 is 18.3 Å². The molecule has 2 aromatic rings. The average Bonchev–Trinajstić information content (AvgIpc) is 2.67. The lowest BCUT2D eigenvalue weighted by molar-refractivity contribution is -0.159. The van der Waals surface area contributed by atoms with Crippen molar-refractivity contribution in [2.24, 2.45) is 5.14 Å². The largest absolute Gasteiger partial charge is 0.394 e. The van der Waals surface area contributed by atoms with E-state index >= 15 is 0 Å². The van der Waals surface area contributed by atoms with Crippen molar-refractivity contribution >= 4 is 39.1 Å². The van der Waals surface area contributed by atoms with Gasteiger partial charge in [-0.25, -0.2) is 18.5 Å². The van der Waals surface area contributed by atoms with Crippen LogP contribution in [0.4, 0.5) is 17.5 Å². The standard InChI is InChI=1S/C18H22ClN5O4S/c19-13-8-21-17(22-14-4-1-2-5-15(14)29(20,26)27)23-16(13)24-9-12(10-25)28-18(11-24)6-3-7-18/h1-2,4-5,8,12,25H,3,6-7,9-11H2,(H2,20,26,27)(H,21,22,23)/t12-/m1/s1. The molecule has 1 spiro atoms. The first kappa shape index (κ1) is 20.3. The zero-order valence-electron chi connectivity index (χ0n) is 15.6. The monoisotopic (exact) mass is 439 g/mol. The number of anilines is 3. The van der Waals surface area contributed by atoms with Crippen molar-refractivity contribution in [1.29, 1.82) is 0 Å². The Morgan fingerprint density at radius 1 is 1.38 bits per heavy atom. The Balaban J connectivity index is 1.64. The van der Waals surface area contributed by atoms with Gasteiger partial charge < -0.3 is 20.1 Å². The second-order valence-electron chi connectivity index (χ2n) is 7.37. The van der Waals surface area contributed by atoms with Crippen LogP contribution in [0.5, 0.6) is 0 Å². The molecule has 11 heteroatoms. The molecular formula is C18H22ClN5O4S. The Labute approximate surface area is 173 Å². The molecule has 1 aliphatic heterocycles. The van der Waals surface area contributed by atoms with Gasteiger partial charge in [0, 0.05) is 13.1 Å². The van der Waals surface area contributed by atoms with Gasteiger partial charge in [0.2, 0.25) is 16.0 Å². The van der Waals surface area contributed by atoms with E-state index in [0.29, 0.717) is 23.9 Å². The summed E-state index contributed by atoms with van der Waals surface area (Å²) in [5, 5.41) is 18.2. The van der Waals surface area contributed by atoms with E-state index in [4.69, 9.17) is 21.5 Å². The maximum Gasteiger partial charge on any atom is 0.240 e. The summed E-state index contributed by atoms with van der Waals surface area (Å²) in [6.07, 6.45) is 4.07. The number of aromatic nitrogens is 2. The number of hydrogen-bond acceptors (Lipinski definition) is 8. The van der Waals surface area contributed by atoms with Crippen molar-refractivity contribution in [3.05, 3.63) is 35.5 Å². The highest BCUT2D eigenvalue weighted by Crippen LogP contribution is 2.41. The fourth-order valence-electron chi connectivity index (χ4n) is 3.77. The molecule has 0 amide bonds. The quantitative estimate of drug-likeness (QED) is 0.640. The SMILES string of the molecule is NS(=O)(=O)c1ccccc1Nc1ncc(Cl)c(N2C[C@H](CO)OC3(CCC3)C2)n1. The molecule has 1 aliphatic carbocycles. The van der Waals surface area contributed by atoms with Crippen molar-refractivity contribution in [3.8, 4) is 0 Å². The zero-order valence-corrected chi connectivity index (χ0v) is 17.2. The van der Waals surface area contributed by atoms with Crippen molar-refractivity contribution in [2.75, 3.05) is 29.9 Å². The van der Waals surface area contributed by atoms with Crippen LogP contribution in [-0.4, -0.2) is 54.9 Å². The third kappa shape index (κ3) is 4.17. The fourth-order valence-corrected chi connectivity index (χ4v) is 4.67. The summed E-state index contributed by atoms with van der Waals surface area (Å²) in [6.45, 7) is 0.976. The maximum absolute atomic E-state index is 11.8. The number of halogens is 1. The highest BCUT2D eigenvalue weighted by molar-refractivity contribution is 7.89. The molecule has 0 unspecified atom stereocenters. The fraction of sp³-hybridized carbons (Fsp3) is 0.444. The summed E-state index contributed by atoms with van der Waals surface area (Å²) in [6, 6.07) is 6.25. The summed E-state index contributed by atoms with van der Waals surface area (Å²) in [5.41, 5.74) is -0.0118. The molecule has 2 aliphatic rings. The first-order valence-electron chi connectivity index (χ1n) is 9.25. The highest BCUT2D eigenvalue weighted by atomic mass is 35.5. The number of nitrogens with one attached hydrogen (secondary N) is 1. The van der Waals surface area contributed by atoms with Gasteiger partial charge in [0.1, 0.15) is 9.92 Å². The van der Waals surface area contributed by atoms with Crippen molar-refractivity contribution in [2.45, 2.75) is 35.9 Å². The van der Waals surface area contributed by atoms with Crippen LogP contribution >= 0.6 is 11.6 Å². The minimum absolute atomic E-state index is 0.0553. The third-order valence-electron chi connectivity index (χ3n) is 5.25. The van der Waals surface area contributed by atoms with E-state index in [1.807, 2.05) is 4.90 Å². The highest BCUT2D eigenvalue weighted by Gasteiger charge is 2.45. The smallest absolute Gasteiger partial charge is 0.240 e. The third-order valence-corrected chi connectivity index (χ3v) is 6.49. The molecular weight excluding hydrogens is 418 g/mol. The number of ether oxygens (including phenoxy) is 1. The molecule has 29 heavy (non-hydrogen) atoms. The first-order valence-corrected chi connectivity index (χ1v) is 11.2. The van der Waals surface area contributed by atoms with Crippen molar-refractivity contribution in [3.63, 3.8) is 0 Å². The Morgan fingerprint density at radius 2 is 2.14 bits per heavy atom. The van der Waals surface area contributed by atoms with Gasteiger partial charge in [-0.1, -0.05) is 23.7 Å². The van der Waals surface area contributed by atoms with Crippen LogP contribution in [0.2, 0.25) is 5.02 Å². The normalized spacial score (nSPS) is 21.1. The van der Waals surface area contributed by atoms with Gasteiger partial charge >= 0.3 is 0 Å². The van der Waals surface area contributed by atoms with E-state index in [-0.39, 0.29) is 34.8 Å². The van der Waals surface area contributed by atoms with Crippen molar-refractivity contribution in [1.82, 2.24) is 9.97 Å². The van der Waals surface area contributed by atoms with Gasteiger partial charge in [0.25, 0.3) is 0 Å². The van der Waals surface area contributed by atoms with Crippen LogP contribution in [0.3, 0.4) is 0 Å². The summed E-state index contributed by atoms with van der Waals surface area (Å²) < 4.78 is 29.7. The molecule has 4 rings (SSSR count). The van der Waals surface area contributed by atoms with Gasteiger partial charge in [-0.2, -0.15) is 4.98 Å². The number of benzene rings is 1. The lowest BCUT2D eigenvalue weighted by Gasteiger charge is -2.51. The molecule has 1 saturated heterocycles. The Bertz CT molecular complexity index is 1020. The van der Waals surface area contributed by atoms with Crippen LogP contribution in [0.15, 0.2) is 35.4 Å². The zero-order chi connectivity index (χ0) is 20.6. The number of hydrogen-bond donors (Lipinski definition) is 3. The minimum Gasteiger partial charge on any atom is -0.394 e. The van der Waals surface area contributed by atoms with Crippen LogP contribution in [0.25, 0.3) is 0 Å². The molecule has 0 bridgehead atoms. The number of aliphatic hydroxyl groups excluding tert-OH is 1. The summed E-state index contributed by atoms with van der Waals surface area (Å²) in [5.74, 6) is 0.695. The Hall–Kier alpha value is -1.98. The average molecular weight is 440 g/mol. The van der Waals surface area contributed by atoms with E-state index in [0.717, 1.165) is 19.3 Å². The number of morpholine rings is 1. The molecule has 1 atom stereocenters. The summed E-state index contributed by atoms with van der Waals surface area (Å²) >= 11 is 6.37. The van der Waals surface area contributed by atoms with Crippen LogP contribution in [0, 0.1) is 0 Å². The Morgan fingerprint density at radius 3 is 2.79 bits per heavy atom. The molecule has 1 saturated carbocycles. The molecule has 9 nitrogen and oxygen atoms in total. The van der Waals surface area contributed by atoms with Gasteiger partial charge in [0.15, 0.2) is 5.82 Å². The van der Waals surface area contributed by atoms with Gasteiger partial charge in [0.05, 0.1) is 30.2 Å². The topological polar surface area (TPSA) is 131 Å². The van der Waals surface area contributed by atoms with E-state index in [1.54, 1.807) is 18.2 Å². The second-order valence-corrected chi connectivity index (χ2v) is 9.31. The summed E-state index contributed by atoms with van der Waals surface area (Å²) in [4.78, 5) is 10.6.